The average molecular weight is 258 g/mol. The normalized spacial score (nSPS) is 14.7. The van der Waals surface area contributed by atoms with Gasteiger partial charge in [0.2, 0.25) is 0 Å². The molecule has 2 atom stereocenters. The van der Waals surface area contributed by atoms with Gasteiger partial charge in [-0.15, -0.1) is 0 Å². The summed E-state index contributed by atoms with van der Waals surface area (Å²) in [5.41, 5.74) is 0. The van der Waals surface area contributed by atoms with Crippen molar-refractivity contribution in [3.8, 4) is 0 Å². The molecule has 0 aromatic rings. The summed E-state index contributed by atoms with van der Waals surface area (Å²) in [7, 11) is 0. The highest BCUT2D eigenvalue weighted by Gasteiger charge is 2.08. The molecule has 108 valence electrons. The zero-order valence-electron chi connectivity index (χ0n) is 12.5. The van der Waals surface area contributed by atoms with Gasteiger partial charge in [-0.25, -0.2) is 0 Å². The molecular formula is C15H30O3. The predicted octanol–water partition coefficient (Wildman–Crippen LogP) is 3.78. The lowest BCUT2D eigenvalue weighted by Gasteiger charge is -2.19. The van der Waals surface area contributed by atoms with Gasteiger partial charge in [-0.3, -0.25) is 0 Å². The van der Waals surface area contributed by atoms with Crippen molar-refractivity contribution in [2.45, 2.75) is 65.6 Å². The smallest absolute Gasteiger partial charge is 0.0869 e. The Bertz CT molecular complexity index is 162. The van der Waals surface area contributed by atoms with Gasteiger partial charge >= 0.3 is 0 Å². The maximum absolute atomic E-state index is 5.74. The molecule has 0 bridgehead atoms. The number of rotatable bonds is 13. The maximum Gasteiger partial charge on any atom is 0.0869 e. The van der Waals surface area contributed by atoms with E-state index in [1.54, 1.807) is 6.61 Å². The van der Waals surface area contributed by atoms with Crippen LogP contribution in [0.3, 0.4) is 0 Å². The van der Waals surface area contributed by atoms with Crippen LogP contribution in [0.1, 0.15) is 53.4 Å². The Kier molecular flexibility index (Phi) is 13.2. The Labute approximate surface area is 113 Å². The summed E-state index contributed by atoms with van der Waals surface area (Å²) < 4.78 is 16.6. The quantitative estimate of drug-likeness (QED) is 0.471. The molecule has 0 spiro atoms. The second-order valence-electron chi connectivity index (χ2n) is 4.70. The van der Waals surface area contributed by atoms with Crippen LogP contribution in [0.2, 0.25) is 0 Å². The number of ether oxygens (including phenoxy) is 3. The van der Waals surface area contributed by atoms with E-state index in [1.807, 2.05) is 27.2 Å². The summed E-state index contributed by atoms with van der Waals surface area (Å²) in [6.45, 7) is 12.0. The van der Waals surface area contributed by atoms with E-state index in [0.717, 1.165) is 13.0 Å². The maximum atomic E-state index is 5.74. The third kappa shape index (κ3) is 12.3. The lowest BCUT2D eigenvalue weighted by molar-refractivity contribution is -0.0633. The topological polar surface area (TPSA) is 27.7 Å². The molecule has 0 fully saturated rings. The molecular weight excluding hydrogens is 228 g/mol. The van der Waals surface area contributed by atoms with E-state index in [-0.39, 0.29) is 12.2 Å². The van der Waals surface area contributed by atoms with Gasteiger partial charge in [0, 0.05) is 6.61 Å². The minimum atomic E-state index is 0.0971. The summed E-state index contributed by atoms with van der Waals surface area (Å²) in [6, 6.07) is 0. The first-order valence-electron chi connectivity index (χ1n) is 7.16. The van der Waals surface area contributed by atoms with Gasteiger partial charge in [-0.1, -0.05) is 33.1 Å². The third-order valence-electron chi connectivity index (χ3n) is 2.52. The number of hydrogen-bond donors (Lipinski definition) is 0. The lowest BCUT2D eigenvalue weighted by Crippen LogP contribution is -2.25. The molecule has 0 saturated heterocycles. The molecule has 2 unspecified atom stereocenters. The summed E-state index contributed by atoms with van der Waals surface area (Å²) in [6.07, 6.45) is 7.08. The zero-order chi connectivity index (χ0) is 13.6. The fourth-order valence-corrected chi connectivity index (χ4v) is 1.64. The fraction of sp³-hybridized carbons (Fsp3) is 0.867. The molecule has 0 heterocycles. The van der Waals surface area contributed by atoms with Crippen molar-refractivity contribution in [3.63, 3.8) is 0 Å². The highest BCUT2D eigenvalue weighted by Crippen LogP contribution is 2.03. The highest BCUT2D eigenvalue weighted by atomic mass is 16.6. The molecule has 0 saturated carbocycles. The highest BCUT2D eigenvalue weighted by molar-refractivity contribution is 4.67. The summed E-state index contributed by atoms with van der Waals surface area (Å²) in [5, 5.41) is 0. The predicted molar refractivity (Wildman–Crippen MR) is 75.2 cm³/mol. The van der Waals surface area contributed by atoms with Crippen molar-refractivity contribution < 1.29 is 14.2 Å². The standard InChI is InChI=1S/C15H30O3/c1-5-7-8-9-11-17-13-15(4)18-14(3)12-16-10-6-2/h6,10,14-15H,5,7-9,11-13H2,1-4H3. The van der Waals surface area contributed by atoms with E-state index in [4.69, 9.17) is 14.2 Å². The summed E-state index contributed by atoms with van der Waals surface area (Å²) in [5.74, 6) is 0. The SMILES string of the molecule is C[CH][CH]OCC(C)OC(C)COCCCCCC. The van der Waals surface area contributed by atoms with Crippen LogP contribution < -0.4 is 0 Å². The van der Waals surface area contributed by atoms with Crippen molar-refractivity contribution >= 4 is 0 Å². The van der Waals surface area contributed by atoms with Crippen molar-refractivity contribution in [1.82, 2.24) is 0 Å². The Hall–Kier alpha value is -0.120. The Morgan fingerprint density at radius 1 is 1.00 bits per heavy atom. The first kappa shape index (κ1) is 17.9. The molecule has 18 heavy (non-hydrogen) atoms. The Morgan fingerprint density at radius 2 is 1.72 bits per heavy atom. The molecule has 0 aliphatic rings. The Morgan fingerprint density at radius 3 is 2.39 bits per heavy atom. The van der Waals surface area contributed by atoms with E-state index in [0.29, 0.717) is 13.2 Å². The van der Waals surface area contributed by atoms with Crippen LogP contribution in [-0.2, 0) is 14.2 Å². The average Bonchev–Trinajstić information content (AvgIpc) is 2.34. The monoisotopic (exact) mass is 258 g/mol. The van der Waals surface area contributed by atoms with E-state index >= 15 is 0 Å². The molecule has 0 aromatic carbocycles. The first-order valence-corrected chi connectivity index (χ1v) is 7.16. The van der Waals surface area contributed by atoms with Crippen LogP contribution in [0.15, 0.2) is 0 Å². The van der Waals surface area contributed by atoms with Gasteiger partial charge in [-0.05, 0) is 26.7 Å². The van der Waals surface area contributed by atoms with E-state index in [2.05, 4.69) is 6.92 Å². The Balaban J connectivity index is 3.32. The largest absolute Gasteiger partial charge is 0.379 e. The molecule has 3 nitrogen and oxygen atoms in total. The van der Waals surface area contributed by atoms with Crippen LogP contribution in [-0.4, -0.2) is 32.0 Å². The number of hydrogen-bond acceptors (Lipinski definition) is 3. The minimum Gasteiger partial charge on any atom is -0.379 e. The molecule has 2 radical (unpaired) electrons. The zero-order valence-corrected chi connectivity index (χ0v) is 12.5. The lowest BCUT2D eigenvalue weighted by atomic mass is 10.2. The molecule has 0 aromatic heterocycles. The molecule has 0 rings (SSSR count). The van der Waals surface area contributed by atoms with E-state index < -0.39 is 0 Å². The second kappa shape index (κ2) is 13.3. The number of unbranched alkanes of at least 4 members (excludes halogenated alkanes) is 3. The van der Waals surface area contributed by atoms with Crippen molar-refractivity contribution in [3.05, 3.63) is 13.0 Å². The summed E-state index contributed by atoms with van der Waals surface area (Å²) in [4.78, 5) is 0. The van der Waals surface area contributed by atoms with E-state index in [1.165, 1.54) is 19.3 Å². The van der Waals surface area contributed by atoms with Crippen LogP contribution in [0, 0.1) is 13.0 Å². The fourth-order valence-electron chi connectivity index (χ4n) is 1.64. The van der Waals surface area contributed by atoms with Gasteiger partial charge in [0.1, 0.15) is 0 Å². The van der Waals surface area contributed by atoms with Gasteiger partial charge in [0.25, 0.3) is 0 Å². The van der Waals surface area contributed by atoms with Gasteiger partial charge < -0.3 is 14.2 Å². The van der Waals surface area contributed by atoms with E-state index in [9.17, 15) is 0 Å². The first-order chi connectivity index (χ1) is 8.70. The second-order valence-corrected chi connectivity index (χ2v) is 4.70. The third-order valence-corrected chi connectivity index (χ3v) is 2.52. The van der Waals surface area contributed by atoms with Gasteiger partial charge in [-0.2, -0.15) is 0 Å². The van der Waals surface area contributed by atoms with Crippen LogP contribution in [0.5, 0.6) is 0 Å². The van der Waals surface area contributed by atoms with Crippen LogP contribution >= 0.6 is 0 Å². The van der Waals surface area contributed by atoms with Gasteiger partial charge in [0.15, 0.2) is 0 Å². The van der Waals surface area contributed by atoms with Crippen molar-refractivity contribution in [1.29, 1.82) is 0 Å². The molecule has 0 amide bonds. The van der Waals surface area contributed by atoms with Crippen LogP contribution in [0.4, 0.5) is 0 Å². The van der Waals surface area contributed by atoms with Crippen molar-refractivity contribution in [2.75, 3.05) is 19.8 Å². The summed E-state index contributed by atoms with van der Waals surface area (Å²) >= 11 is 0. The minimum absolute atomic E-state index is 0.0971. The van der Waals surface area contributed by atoms with Crippen molar-refractivity contribution in [2.24, 2.45) is 0 Å². The van der Waals surface area contributed by atoms with Gasteiger partial charge in [0.05, 0.1) is 32.0 Å². The molecule has 3 heteroatoms. The molecule has 0 aliphatic heterocycles. The molecule has 0 aliphatic carbocycles. The van der Waals surface area contributed by atoms with Crippen LogP contribution in [0.25, 0.3) is 0 Å². The molecule has 0 N–H and O–H groups in total.